The molecule has 0 unspecified atom stereocenters. The smallest absolute Gasteiger partial charge is 0.242 e. The fourth-order valence-electron chi connectivity index (χ4n) is 2.57. The lowest BCUT2D eigenvalue weighted by Gasteiger charge is -2.48. The van der Waals surface area contributed by atoms with E-state index in [9.17, 15) is 9.90 Å². The van der Waals surface area contributed by atoms with E-state index in [1.807, 2.05) is 6.92 Å². The van der Waals surface area contributed by atoms with Gasteiger partial charge in [0.05, 0.1) is 24.2 Å². The summed E-state index contributed by atoms with van der Waals surface area (Å²) in [5, 5.41) is 9.83. The molecule has 0 bridgehead atoms. The zero-order valence-electron chi connectivity index (χ0n) is 9.33. The molecule has 15 heavy (non-hydrogen) atoms. The number of hydrogen-bond acceptors (Lipinski definition) is 3. The highest BCUT2D eigenvalue weighted by atomic mass is 16.3. The van der Waals surface area contributed by atoms with Gasteiger partial charge < -0.3 is 15.7 Å². The summed E-state index contributed by atoms with van der Waals surface area (Å²) in [4.78, 5) is 13.7. The molecule has 2 rings (SSSR count). The maximum Gasteiger partial charge on any atom is 0.242 e. The molecular weight excluding hydrogens is 192 g/mol. The van der Waals surface area contributed by atoms with Crippen molar-refractivity contribution in [3.8, 4) is 0 Å². The molecule has 0 atom stereocenters. The number of amides is 1. The SMILES string of the molecule is CCC1(O)CN(C(=O)C2(N)CCCC2)C1. The van der Waals surface area contributed by atoms with Crippen LogP contribution in [0.3, 0.4) is 0 Å². The quantitative estimate of drug-likeness (QED) is 0.689. The minimum absolute atomic E-state index is 0.0399. The van der Waals surface area contributed by atoms with E-state index in [4.69, 9.17) is 5.73 Å². The predicted molar refractivity (Wildman–Crippen MR) is 57.2 cm³/mol. The lowest BCUT2D eigenvalue weighted by Crippen LogP contribution is -2.68. The molecule has 2 aliphatic rings. The second-order valence-corrected chi connectivity index (χ2v) is 5.10. The Bertz CT molecular complexity index is 266. The van der Waals surface area contributed by atoms with Gasteiger partial charge in [-0.05, 0) is 19.3 Å². The van der Waals surface area contributed by atoms with E-state index < -0.39 is 11.1 Å². The number of carbonyl (C=O) groups excluding carboxylic acids is 1. The van der Waals surface area contributed by atoms with E-state index in [1.165, 1.54) is 0 Å². The average molecular weight is 212 g/mol. The molecule has 0 aromatic rings. The van der Waals surface area contributed by atoms with Gasteiger partial charge >= 0.3 is 0 Å². The van der Waals surface area contributed by atoms with Crippen LogP contribution < -0.4 is 5.73 Å². The Morgan fingerprint density at radius 1 is 1.40 bits per heavy atom. The third-order valence-electron chi connectivity index (χ3n) is 3.84. The first-order chi connectivity index (χ1) is 6.99. The van der Waals surface area contributed by atoms with Crippen LogP contribution >= 0.6 is 0 Å². The van der Waals surface area contributed by atoms with Crippen LogP contribution in [0.5, 0.6) is 0 Å². The van der Waals surface area contributed by atoms with Crippen molar-refractivity contribution in [2.45, 2.75) is 50.2 Å². The second-order valence-electron chi connectivity index (χ2n) is 5.10. The molecule has 4 heteroatoms. The summed E-state index contributed by atoms with van der Waals surface area (Å²) in [6, 6.07) is 0. The minimum atomic E-state index is -0.648. The Kier molecular flexibility index (Phi) is 2.51. The highest BCUT2D eigenvalue weighted by Crippen LogP contribution is 2.33. The lowest BCUT2D eigenvalue weighted by atomic mass is 9.87. The Hall–Kier alpha value is -0.610. The molecule has 86 valence electrons. The summed E-state index contributed by atoms with van der Waals surface area (Å²) in [6.45, 7) is 2.86. The molecule has 1 aliphatic carbocycles. The van der Waals surface area contributed by atoms with Crippen molar-refractivity contribution in [2.75, 3.05) is 13.1 Å². The van der Waals surface area contributed by atoms with Crippen LogP contribution in [-0.2, 0) is 4.79 Å². The first-order valence-electron chi connectivity index (χ1n) is 5.80. The van der Waals surface area contributed by atoms with Crippen LogP contribution in [0.25, 0.3) is 0 Å². The Morgan fingerprint density at radius 3 is 2.40 bits per heavy atom. The van der Waals surface area contributed by atoms with Crippen molar-refractivity contribution in [3.63, 3.8) is 0 Å². The highest BCUT2D eigenvalue weighted by molar-refractivity contribution is 5.87. The molecule has 0 spiro atoms. The molecule has 1 heterocycles. The van der Waals surface area contributed by atoms with Crippen molar-refractivity contribution in [1.29, 1.82) is 0 Å². The largest absolute Gasteiger partial charge is 0.386 e. The summed E-state index contributed by atoms with van der Waals surface area (Å²) in [7, 11) is 0. The fourth-order valence-corrected chi connectivity index (χ4v) is 2.57. The van der Waals surface area contributed by atoms with Crippen molar-refractivity contribution in [3.05, 3.63) is 0 Å². The van der Waals surface area contributed by atoms with E-state index in [0.29, 0.717) is 19.5 Å². The molecule has 1 aliphatic heterocycles. The van der Waals surface area contributed by atoms with Gasteiger partial charge in [-0.1, -0.05) is 19.8 Å². The molecular formula is C11H20N2O2. The third-order valence-corrected chi connectivity index (χ3v) is 3.84. The van der Waals surface area contributed by atoms with Crippen LogP contribution in [0.2, 0.25) is 0 Å². The van der Waals surface area contributed by atoms with Crippen molar-refractivity contribution >= 4 is 5.91 Å². The lowest BCUT2D eigenvalue weighted by molar-refractivity contribution is -0.161. The first kappa shape index (κ1) is 10.9. The van der Waals surface area contributed by atoms with Crippen molar-refractivity contribution in [1.82, 2.24) is 4.90 Å². The zero-order valence-corrected chi connectivity index (χ0v) is 9.33. The van der Waals surface area contributed by atoms with Crippen LogP contribution in [0.1, 0.15) is 39.0 Å². The normalized spacial score (nSPS) is 27.5. The Labute approximate surface area is 90.4 Å². The molecule has 1 amide bonds. The fraction of sp³-hybridized carbons (Fsp3) is 0.909. The molecule has 0 aromatic heterocycles. The summed E-state index contributed by atoms with van der Waals surface area (Å²) in [5.41, 5.74) is 4.79. The van der Waals surface area contributed by atoms with Gasteiger partial charge in [0.1, 0.15) is 0 Å². The van der Waals surface area contributed by atoms with Crippen LogP contribution in [-0.4, -0.2) is 40.1 Å². The molecule has 3 N–H and O–H groups in total. The van der Waals surface area contributed by atoms with E-state index in [-0.39, 0.29) is 5.91 Å². The summed E-state index contributed by atoms with van der Waals surface area (Å²) in [6.07, 6.45) is 4.40. The summed E-state index contributed by atoms with van der Waals surface area (Å²) < 4.78 is 0. The summed E-state index contributed by atoms with van der Waals surface area (Å²) in [5.74, 6) is 0.0399. The van der Waals surface area contributed by atoms with Crippen LogP contribution in [0, 0.1) is 0 Å². The van der Waals surface area contributed by atoms with E-state index >= 15 is 0 Å². The van der Waals surface area contributed by atoms with E-state index in [0.717, 1.165) is 25.7 Å². The maximum absolute atomic E-state index is 12.0. The standard InChI is InChI=1S/C11H20N2O2/c1-2-10(15)7-13(8-10)9(14)11(12)5-3-4-6-11/h15H,2-8,12H2,1H3. The van der Waals surface area contributed by atoms with E-state index in [2.05, 4.69) is 0 Å². The number of nitrogens with zero attached hydrogens (tertiary/aromatic N) is 1. The molecule has 4 nitrogen and oxygen atoms in total. The third kappa shape index (κ3) is 1.76. The summed E-state index contributed by atoms with van der Waals surface area (Å²) >= 11 is 0. The number of β-amino-alcohol motifs (C(OH)–C–C–N with tert-alkyl or cyclic N) is 1. The minimum Gasteiger partial charge on any atom is -0.386 e. The van der Waals surface area contributed by atoms with Gasteiger partial charge in [0.15, 0.2) is 0 Å². The number of aliphatic hydroxyl groups is 1. The van der Waals surface area contributed by atoms with Crippen molar-refractivity contribution in [2.24, 2.45) is 5.73 Å². The number of hydrogen-bond donors (Lipinski definition) is 2. The molecule has 2 fully saturated rings. The highest BCUT2D eigenvalue weighted by Gasteiger charge is 2.48. The molecule has 1 saturated carbocycles. The molecule has 1 saturated heterocycles. The van der Waals surface area contributed by atoms with Gasteiger partial charge in [-0.25, -0.2) is 0 Å². The van der Waals surface area contributed by atoms with Gasteiger partial charge in [-0.3, -0.25) is 4.79 Å². The van der Waals surface area contributed by atoms with Gasteiger partial charge in [-0.2, -0.15) is 0 Å². The number of likely N-dealkylation sites (tertiary alicyclic amines) is 1. The van der Waals surface area contributed by atoms with Gasteiger partial charge in [0, 0.05) is 0 Å². The van der Waals surface area contributed by atoms with Gasteiger partial charge in [0.25, 0.3) is 0 Å². The van der Waals surface area contributed by atoms with Crippen LogP contribution in [0.4, 0.5) is 0 Å². The average Bonchev–Trinajstić information content (AvgIpc) is 2.60. The first-order valence-corrected chi connectivity index (χ1v) is 5.80. The number of rotatable bonds is 2. The molecule has 0 aromatic carbocycles. The van der Waals surface area contributed by atoms with Crippen LogP contribution in [0.15, 0.2) is 0 Å². The van der Waals surface area contributed by atoms with E-state index in [1.54, 1.807) is 4.90 Å². The van der Waals surface area contributed by atoms with Gasteiger partial charge in [-0.15, -0.1) is 0 Å². The number of carbonyl (C=O) groups is 1. The van der Waals surface area contributed by atoms with Crippen molar-refractivity contribution < 1.29 is 9.90 Å². The predicted octanol–water partition coefficient (Wildman–Crippen LogP) is 0.241. The zero-order chi connectivity index (χ0) is 11.1. The van der Waals surface area contributed by atoms with Gasteiger partial charge in [0.2, 0.25) is 5.91 Å². The topological polar surface area (TPSA) is 66.6 Å². The molecule has 0 radical (unpaired) electrons. The Balaban J connectivity index is 1.94. The number of nitrogens with two attached hydrogens (primary N) is 1. The Morgan fingerprint density at radius 2 is 1.93 bits per heavy atom. The monoisotopic (exact) mass is 212 g/mol. The maximum atomic E-state index is 12.0. The second kappa shape index (κ2) is 3.46.